The Hall–Kier alpha value is -3.99. The molecule has 4 amide bonds. The van der Waals surface area contributed by atoms with E-state index in [0.29, 0.717) is 11.3 Å². The number of amides is 4. The summed E-state index contributed by atoms with van der Waals surface area (Å²) in [6.45, 7) is 7.63. The number of nitrogens with one attached hydrogen (secondary N) is 3. The Morgan fingerprint density at radius 3 is 2.22 bits per heavy atom. The molecular weight excluding hydrogens is 544 g/mol. The summed E-state index contributed by atoms with van der Waals surface area (Å²) in [7, 11) is 0. The normalized spacial score (nSPS) is 13.3. The zero-order chi connectivity index (χ0) is 30.4. The lowest BCUT2D eigenvalue weighted by Gasteiger charge is -2.25. The van der Waals surface area contributed by atoms with Gasteiger partial charge in [-0.25, -0.2) is 4.79 Å². The maximum atomic E-state index is 13.5. The first kappa shape index (κ1) is 33.2. The summed E-state index contributed by atoms with van der Waals surface area (Å²) < 4.78 is 4.90. The molecule has 11 heteroatoms. The van der Waals surface area contributed by atoms with E-state index in [-0.39, 0.29) is 37.7 Å². The summed E-state index contributed by atoms with van der Waals surface area (Å²) in [5.74, 6) is -2.43. The van der Waals surface area contributed by atoms with Crippen molar-refractivity contribution in [2.75, 3.05) is 6.61 Å². The molecule has 0 aliphatic rings. The second-order valence-electron chi connectivity index (χ2n) is 10.0. The lowest BCUT2D eigenvalue weighted by atomic mass is 10.0. The highest BCUT2D eigenvalue weighted by Crippen LogP contribution is 2.16. The maximum absolute atomic E-state index is 13.5. The third kappa shape index (κ3) is 12.4. The number of rotatable bonds is 16. The first-order valence-electron chi connectivity index (χ1n) is 13.6. The van der Waals surface area contributed by atoms with E-state index in [1.807, 2.05) is 57.2 Å². The molecule has 0 radical (unpaired) electrons. The van der Waals surface area contributed by atoms with Crippen LogP contribution in [0.3, 0.4) is 0 Å². The smallest absolute Gasteiger partial charge is 0.330 e. The minimum absolute atomic E-state index is 0.0293. The Balaban J connectivity index is 2.27. The molecule has 2 aromatic rings. The first-order valence-corrected chi connectivity index (χ1v) is 14.4. The molecule has 0 saturated carbocycles. The van der Waals surface area contributed by atoms with Gasteiger partial charge in [0.05, 0.1) is 11.5 Å². The van der Waals surface area contributed by atoms with Crippen LogP contribution in [0.2, 0.25) is 0 Å². The molecule has 1 aromatic carbocycles. The number of hydrogen-bond donors (Lipinski definition) is 4. The van der Waals surface area contributed by atoms with Crippen molar-refractivity contribution in [1.29, 1.82) is 0 Å². The van der Waals surface area contributed by atoms with Gasteiger partial charge in [0, 0.05) is 29.8 Å². The second-order valence-corrected chi connectivity index (χ2v) is 11.3. The van der Waals surface area contributed by atoms with Gasteiger partial charge in [-0.15, -0.1) is 11.3 Å². The number of carbonyl (C=O) groups is 5. The molecular formula is C30H40N4O6S. The molecule has 5 N–H and O–H groups in total. The molecule has 0 fully saturated rings. The summed E-state index contributed by atoms with van der Waals surface area (Å²) in [5, 5.41) is 8.44. The van der Waals surface area contributed by atoms with Gasteiger partial charge in [0.2, 0.25) is 17.7 Å². The van der Waals surface area contributed by atoms with Crippen molar-refractivity contribution in [2.24, 2.45) is 11.7 Å². The van der Waals surface area contributed by atoms with Gasteiger partial charge in [-0.2, -0.15) is 0 Å². The third-order valence-corrected chi connectivity index (χ3v) is 6.99. The maximum Gasteiger partial charge on any atom is 0.330 e. The predicted octanol–water partition coefficient (Wildman–Crippen LogP) is 2.80. The number of thiophene rings is 1. The summed E-state index contributed by atoms with van der Waals surface area (Å²) in [6, 6.07) is 10.1. The SMILES string of the molecule is CCOC(=O)/C=C/[C@H](CCC(N)=O)NC(=O)[C@H](Cc1ccccc1)NC(=O)[C@H](CC(C)C)NC(=O)c1ccc(C)s1. The molecule has 1 aromatic heterocycles. The van der Waals surface area contributed by atoms with Crippen molar-refractivity contribution >= 4 is 40.9 Å². The van der Waals surface area contributed by atoms with Crippen LogP contribution < -0.4 is 21.7 Å². The van der Waals surface area contributed by atoms with E-state index in [0.717, 1.165) is 10.4 Å². The molecule has 0 spiro atoms. The molecule has 3 atom stereocenters. The lowest BCUT2D eigenvalue weighted by Crippen LogP contribution is -2.55. The lowest BCUT2D eigenvalue weighted by molar-refractivity contribution is -0.137. The average Bonchev–Trinajstić information content (AvgIpc) is 3.36. The van der Waals surface area contributed by atoms with Gasteiger partial charge in [0.25, 0.3) is 5.91 Å². The van der Waals surface area contributed by atoms with E-state index in [2.05, 4.69) is 16.0 Å². The van der Waals surface area contributed by atoms with Crippen LogP contribution in [-0.2, 0) is 30.3 Å². The Kier molecular flexibility index (Phi) is 13.7. The molecule has 10 nitrogen and oxygen atoms in total. The fourth-order valence-electron chi connectivity index (χ4n) is 4.00. The van der Waals surface area contributed by atoms with Crippen molar-refractivity contribution in [1.82, 2.24) is 16.0 Å². The number of esters is 1. The van der Waals surface area contributed by atoms with Gasteiger partial charge in [-0.3, -0.25) is 19.2 Å². The van der Waals surface area contributed by atoms with Crippen LogP contribution in [0.4, 0.5) is 0 Å². The highest BCUT2D eigenvalue weighted by atomic mass is 32.1. The van der Waals surface area contributed by atoms with E-state index in [1.165, 1.54) is 23.5 Å². The molecule has 0 bridgehead atoms. The van der Waals surface area contributed by atoms with Crippen molar-refractivity contribution in [3.05, 3.63) is 69.9 Å². The molecule has 0 unspecified atom stereocenters. The summed E-state index contributed by atoms with van der Waals surface area (Å²) in [6.07, 6.45) is 3.28. The van der Waals surface area contributed by atoms with Crippen LogP contribution in [-0.4, -0.2) is 54.3 Å². The van der Waals surface area contributed by atoms with Crippen LogP contribution in [0.1, 0.15) is 60.1 Å². The summed E-state index contributed by atoms with van der Waals surface area (Å²) >= 11 is 1.33. The first-order chi connectivity index (χ1) is 19.5. The monoisotopic (exact) mass is 584 g/mol. The molecule has 222 valence electrons. The number of carbonyl (C=O) groups excluding carboxylic acids is 5. The zero-order valence-corrected chi connectivity index (χ0v) is 24.8. The van der Waals surface area contributed by atoms with Gasteiger partial charge in [0.1, 0.15) is 12.1 Å². The van der Waals surface area contributed by atoms with Crippen molar-refractivity contribution in [3.8, 4) is 0 Å². The van der Waals surface area contributed by atoms with Crippen molar-refractivity contribution < 1.29 is 28.7 Å². The Morgan fingerprint density at radius 1 is 0.951 bits per heavy atom. The topological polar surface area (TPSA) is 157 Å². The van der Waals surface area contributed by atoms with Gasteiger partial charge in [0.15, 0.2) is 0 Å². The number of ether oxygens (including phenoxy) is 1. The van der Waals surface area contributed by atoms with Crippen LogP contribution in [0.15, 0.2) is 54.6 Å². The highest BCUT2D eigenvalue weighted by Gasteiger charge is 2.29. The van der Waals surface area contributed by atoms with Crippen LogP contribution >= 0.6 is 11.3 Å². The summed E-state index contributed by atoms with van der Waals surface area (Å²) in [5.41, 5.74) is 6.11. The standard InChI is InChI=1S/C30H40N4O6S/c1-5-40-27(36)16-13-22(12-15-26(31)35)32-28(37)24(18-21-9-7-6-8-10-21)33-29(38)23(17-19(2)3)34-30(39)25-14-11-20(4)41-25/h6-11,13-14,16,19,22-24H,5,12,15,17-18H2,1-4H3,(H2,31,35)(H,32,37)(H,33,38)(H,34,39)/b16-13+/t22-,23-,24-/m0/s1. The predicted molar refractivity (Wildman–Crippen MR) is 158 cm³/mol. The van der Waals surface area contributed by atoms with E-state index in [9.17, 15) is 24.0 Å². The van der Waals surface area contributed by atoms with Gasteiger partial charge in [-0.1, -0.05) is 50.3 Å². The number of aryl methyl sites for hydroxylation is 1. The highest BCUT2D eigenvalue weighted by molar-refractivity contribution is 7.13. The van der Waals surface area contributed by atoms with Gasteiger partial charge < -0.3 is 26.4 Å². The minimum Gasteiger partial charge on any atom is -0.463 e. The number of nitrogens with two attached hydrogens (primary N) is 1. The van der Waals surface area contributed by atoms with E-state index in [1.54, 1.807) is 13.0 Å². The second kappa shape index (κ2) is 17.0. The number of hydrogen-bond acceptors (Lipinski definition) is 7. The Bertz CT molecular complexity index is 1210. The van der Waals surface area contributed by atoms with Crippen LogP contribution in [0, 0.1) is 12.8 Å². The van der Waals surface area contributed by atoms with Crippen molar-refractivity contribution in [2.45, 2.75) is 71.5 Å². The fraction of sp³-hybridized carbons (Fsp3) is 0.433. The van der Waals surface area contributed by atoms with Gasteiger partial charge >= 0.3 is 5.97 Å². The largest absolute Gasteiger partial charge is 0.463 e. The Labute approximate surface area is 245 Å². The molecule has 41 heavy (non-hydrogen) atoms. The minimum atomic E-state index is -1.01. The molecule has 0 saturated heterocycles. The molecule has 0 aliphatic heterocycles. The van der Waals surface area contributed by atoms with E-state index < -0.39 is 41.8 Å². The van der Waals surface area contributed by atoms with E-state index >= 15 is 0 Å². The molecule has 0 aliphatic carbocycles. The third-order valence-electron chi connectivity index (χ3n) is 5.99. The number of primary amides is 1. The van der Waals surface area contributed by atoms with Gasteiger partial charge in [-0.05, 0) is 50.3 Å². The van der Waals surface area contributed by atoms with Crippen LogP contribution in [0.5, 0.6) is 0 Å². The average molecular weight is 585 g/mol. The Morgan fingerprint density at radius 2 is 1.63 bits per heavy atom. The number of benzene rings is 1. The van der Waals surface area contributed by atoms with Crippen molar-refractivity contribution in [3.63, 3.8) is 0 Å². The van der Waals surface area contributed by atoms with E-state index in [4.69, 9.17) is 10.5 Å². The molecule has 1 heterocycles. The fourth-order valence-corrected chi connectivity index (χ4v) is 4.77. The van der Waals surface area contributed by atoms with Crippen LogP contribution in [0.25, 0.3) is 0 Å². The zero-order valence-electron chi connectivity index (χ0n) is 24.0. The molecule has 2 rings (SSSR count). The quantitative estimate of drug-likeness (QED) is 0.176. The summed E-state index contributed by atoms with van der Waals surface area (Å²) in [4.78, 5) is 64.6.